The van der Waals surface area contributed by atoms with Gasteiger partial charge in [0.25, 0.3) is 0 Å². The quantitative estimate of drug-likeness (QED) is 0.893. The third-order valence-electron chi connectivity index (χ3n) is 4.16. The highest BCUT2D eigenvalue weighted by molar-refractivity contribution is 7.90. The summed E-state index contributed by atoms with van der Waals surface area (Å²) < 4.78 is 23.3. The average Bonchev–Trinajstić information content (AvgIpc) is 2.62. The molecule has 0 radical (unpaired) electrons. The highest BCUT2D eigenvalue weighted by Gasteiger charge is 2.27. The molecule has 1 aromatic heterocycles. The molecule has 1 aromatic carbocycles. The molecule has 1 N–H and O–H groups in total. The van der Waals surface area contributed by atoms with Crippen molar-refractivity contribution in [3.05, 3.63) is 42.7 Å². The van der Waals surface area contributed by atoms with Gasteiger partial charge in [-0.05, 0) is 37.1 Å². The van der Waals surface area contributed by atoms with E-state index in [-0.39, 0.29) is 16.7 Å². The summed E-state index contributed by atoms with van der Waals surface area (Å²) in [6.45, 7) is 1.36. The zero-order valence-corrected chi connectivity index (χ0v) is 14.7. The maximum atomic E-state index is 12.6. The van der Waals surface area contributed by atoms with Gasteiger partial charge in [0.2, 0.25) is 11.9 Å². The van der Waals surface area contributed by atoms with Crippen LogP contribution in [0.3, 0.4) is 0 Å². The van der Waals surface area contributed by atoms with E-state index in [9.17, 15) is 13.2 Å². The number of benzene rings is 1. The molecule has 1 aliphatic rings. The summed E-state index contributed by atoms with van der Waals surface area (Å²) in [6.07, 6.45) is 6.17. The Hall–Kier alpha value is -2.48. The van der Waals surface area contributed by atoms with Gasteiger partial charge in [-0.1, -0.05) is 6.07 Å². The number of nitrogens with zero attached hydrogens (tertiary/aromatic N) is 3. The van der Waals surface area contributed by atoms with Gasteiger partial charge in [-0.3, -0.25) is 4.79 Å². The van der Waals surface area contributed by atoms with Crippen LogP contribution < -0.4 is 10.2 Å². The SMILES string of the molecule is CS(=O)(=O)c1cccc(NC(=O)C2CCCN(c3ncccn3)C2)c1. The Labute approximate surface area is 147 Å². The average molecular weight is 360 g/mol. The smallest absolute Gasteiger partial charge is 0.229 e. The Balaban J connectivity index is 1.69. The van der Waals surface area contributed by atoms with Gasteiger partial charge in [-0.15, -0.1) is 0 Å². The Morgan fingerprint density at radius 3 is 2.72 bits per heavy atom. The molecular weight excluding hydrogens is 340 g/mol. The second kappa shape index (κ2) is 7.18. The number of aromatic nitrogens is 2. The van der Waals surface area contributed by atoms with E-state index in [0.29, 0.717) is 18.2 Å². The topological polar surface area (TPSA) is 92.3 Å². The molecule has 0 bridgehead atoms. The molecule has 1 saturated heterocycles. The maximum absolute atomic E-state index is 12.6. The van der Waals surface area contributed by atoms with Gasteiger partial charge in [0.05, 0.1) is 10.8 Å². The zero-order valence-electron chi connectivity index (χ0n) is 13.9. The van der Waals surface area contributed by atoms with Crippen molar-refractivity contribution < 1.29 is 13.2 Å². The number of carbonyl (C=O) groups is 1. The van der Waals surface area contributed by atoms with Crippen molar-refractivity contribution in [2.45, 2.75) is 17.7 Å². The number of anilines is 2. The van der Waals surface area contributed by atoms with Gasteiger partial charge < -0.3 is 10.2 Å². The van der Waals surface area contributed by atoms with Crippen LogP contribution in [0.1, 0.15) is 12.8 Å². The molecule has 3 rings (SSSR count). The molecule has 2 aromatic rings. The molecule has 25 heavy (non-hydrogen) atoms. The largest absolute Gasteiger partial charge is 0.340 e. The highest BCUT2D eigenvalue weighted by atomic mass is 32.2. The monoisotopic (exact) mass is 360 g/mol. The van der Waals surface area contributed by atoms with Crippen molar-refractivity contribution in [3.63, 3.8) is 0 Å². The lowest BCUT2D eigenvalue weighted by Gasteiger charge is -2.31. The third-order valence-corrected chi connectivity index (χ3v) is 5.27. The number of piperidine rings is 1. The summed E-state index contributed by atoms with van der Waals surface area (Å²) in [5.41, 5.74) is 0.487. The van der Waals surface area contributed by atoms with Crippen molar-refractivity contribution in [1.82, 2.24) is 9.97 Å². The molecule has 1 aliphatic heterocycles. The van der Waals surface area contributed by atoms with Crippen molar-refractivity contribution in [3.8, 4) is 0 Å². The fraction of sp³-hybridized carbons (Fsp3) is 0.353. The molecule has 0 aliphatic carbocycles. The van der Waals surface area contributed by atoms with Crippen LogP contribution in [0.25, 0.3) is 0 Å². The minimum Gasteiger partial charge on any atom is -0.340 e. The van der Waals surface area contributed by atoms with E-state index < -0.39 is 9.84 Å². The fourth-order valence-electron chi connectivity index (χ4n) is 2.88. The molecule has 0 spiro atoms. The standard InChI is InChI=1S/C17H20N4O3S/c1-25(23,24)15-7-2-6-14(11-15)20-16(22)13-5-3-10-21(12-13)17-18-8-4-9-19-17/h2,4,6-9,11,13H,3,5,10,12H2,1H3,(H,20,22). The molecule has 1 unspecified atom stereocenters. The Kier molecular flexibility index (Phi) is 4.98. The number of carbonyl (C=O) groups excluding carboxylic acids is 1. The Morgan fingerprint density at radius 1 is 1.24 bits per heavy atom. The van der Waals surface area contributed by atoms with Crippen LogP contribution in [-0.2, 0) is 14.6 Å². The number of sulfone groups is 1. The first-order valence-electron chi connectivity index (χ1n) is 8.06. The number of rotatable bonds is 4. The van der Waals surface area contributed by atoms with Gasteiger partial charge in [0, 0.05) is 37.4 Å². The second-order valence-corrected chi connectivity index (χ2v) is 8.14. The van der Waals surface area contributed by atoms with Crippen LogP contribution in [0.4, 0.5) is 11.6 Å². The van der Waals surface area contributed by atoms with E-state index in [1.807, 2.05) is 4.90 Å². The first kappa shape index (κ1) is 17.3. The molecule has 1 fully saturated rings. The molecule has 2 heterocycles. The van der Waals surface area contributed by atoms with Crippen molar-refractivity contribution in [2.75, 3.05) is 29.6 Å². The number of amides is 1. The first-order chi connectivity index (χ1) is 11.9. The lowest BCUT2D eigenvalue weighted by Crippen LogP contribution is -2.41. The van der Waals surface area contributed by atoms with Crippen LogP contribution in [0.15, 0.2) is 47.6 Å². The van der Waals surface area contributed by atoms with E-state index in [0.717, 1.165) is 25.6 Å². The predicted molar refractivity (Wildman–Crippen MR) is 95.2 cm³/mol. The van der Waals surface area contributed by atoms with Gasteiger partial charge in [-0.2, -0.15) is 0 Å². The summed E-state index contributed by atoms with van der Waals surface area (Å²) in [7, 11) is -3.31. The van der Waals surface area contributed by atoms with Crippen LogP contribution in [0.5, 0.6) is 0 Å². The number of hydrogen-bond acceptors (Lipinski definition) is 6. The first-order valence-corrected chi connectivity index (χ1v) is 9.95. The summed E-state index contributed by atoms with van der Waals surface area (Å²) in [4.78, 5) is 23.2. The molecule has 8 heteroatoms. The number of hydrogen-bond donors (Lipinski definition) is 1. The Morgan fingerprint density at radius 2 is 2.00 bits per heavy atom. The zero-order chi connectivity index (χ0) is 17.9. The third kappa shape index (κ3) is 4.33. The minimum atomic E-state index is -3.31. The Bertz CT molecular complexity index is 855. The fourth-order valence-corrected chi connectivity index (χ4v) is 3.54. The van der Waals surface area contributed by atoms with Crippen LogP contribution in [0.2, 0.25) is 0 Å². The normalized spacial score (nSPS) is 18.0. The summed E-state index contributed by atoms with van der Waals surface area (Å²) in [5, 5.41) is 2.83. The van der Waals surface area contributed by atoms with Crippen LogP contribution >= 0.6 is 0 Å². The maximum Gasteiger partial charge on any atom is 0.229 e. The van der Waals surface area contributed by atoms with E-state index in [1.165, 1.54) is 12.1 Å². The summed E-state index contributed by atoms with van der Waals surface area (Å²) >= 11 is 0. The van der Waals surface area contributed by atoms with E-state index in [4.69, 9.17) is 0 Å². The summed E-state index contributed by atoms with van der Waals surface area (Å²) in [5.74, 6) is 0.310. The van der Waals surface area contributed by atoms with Gasteiger partial charge in [-0.25, -0.2) is 18.4 Å². The second-order valence-electron chi connectivity index (χ2n) is 6.12. The van der Waals surface area contributed by atoms with Gasteiger partial charge in [0.1, 0.15) is 0 Å². The van der Waals surface area contributed by atoms with Crippen molar-refractivity contribution in [1.29, 1.82) is 0 Å². The van der Waals surface area contributed by atoms with Gasteiger partial charge in [0.15, 0.2) is 9.84 Å². The van der Waals surface area contributed by atoms with Crippen molar-refractivity contribution >= 4 is 27.4 Å². The molecule has 132 valence electrons. The van der Waals surface area contributed by atoms with E-state index in [2.05, 4.69) is 15.3 Å². The molecule has 1 atom stereocenters. The minimum absolute atomic E-state index is 0.119. The van der Waals surface area contributed by atoms with Crippen molar-refractivity contribution in [2.24, 2.45) is 5.92 Å². The molecule has 1 amide bonds. The van der Waals surface area contributed by atoms with Crippen LogP contribution in [-0.4, -0.2) is 43.6 Å². The summed E-state index contributed by atoms with van der Waals surface area (Å²) in [6, 6.07) is 8.06. The van der Waals surface area contributed by atoms with E-state index >= 15 is 0 Å². The lowest BCUT2D eigenvalue weighted by atomic mass is 9.97. The van der Waals surface area contributed by atoms with E-state index in [1.54, 1.807) is 30.6 Å². The highest BCUT2D eigenvalue weighted by Crippen LogP contribution is 2.22. The van der Waals surface area contributed by atoms with Gasteiger partial charge >= 0.3 is 0 Å². The molecule has 0 saturated carbocycles. The number of nitrogens with one attached hydrogen (secondary N) is 1. The predicted octanol–water partition coefficient (Wildman–Crippen LogP) is 1.74. The molecule has 7 nitrogen and oxygen atoms in total. The van der Waals surface area contributed by atoms with Crippen LogP contribution in [0, 0.1) is 5.92 Å². The molecular formula is C17H20N4O3S. The lowest BCUT2D eigenvalue weighted by molar-refractivity contribution is -0.120.